The summed E-state index contributed by atoms with van der Waals surface area (Å²) in [7, 11) is 3.92. The average Bonchev–Trinajstić information content (AvgIpc) is 2.73. The quantitative estimate of drug-likeness (QED) is 0.666. The Morgan fingerprint density at radius 2 is 2.22 bits per heavy atom. The lowest BCUT2D eigenvalue weighted by atomic mass is 10.2. The van der Waals surface area contributed by atoms with Crippen LogP contribution >= 0.6 is 27.3 Å². The van der Waals surface area contributed by atoms with Crippen molar-refractivity contribution in [1.82, 2.24) is 10.2 Å². The number of rotatable bonds is 10. The van der Waals surface area contributed by atoms with Crippen LogP contribution < -0.4 is 5.32 Å². The molecule has 1 heterocycles. The highest BCUT2D eigenvalue weighted by molar-refractivity contribution is 9.11. The van der Waals surface area contributed by atoms with Gasteiger partial charge in [-0.25, -0.2) is 0 Å². The zero-order valence-corrected chi connectivity index (χ0v) is 13.6. The molecule has 0 aliphatic carbocycles. The average molecular weight is 335 g/mol. The van der Waals surface area contributed by atoms with Crippen LogP contribution in [0.3, 0.4) is 0 Å². The summed E-state index contributed by atoms with van der Waals surface area (Å²) >= 11 is 5.25. The van der Waals surface area contributed by atoms with Crippen LogP contribution in [-0.2, 0) is 11.3 Å². The number of nitrogens with one attached hydrogen (secondary N) is 1. The van der Waals surface area contributed by atoms with Crippen molar-refractivity contribution in [3.63, 3.8) is 0 Å². The summed E-state index contributed by atoms with van der Waals surface area (Å²) < 4.78 is 6.20. The fourth-order valence-corrected chi connectivity index (χ4v) is 2.95. The van der Waals surface area contributed by atoms with Gasteiger partial charge in [0.2, 0.25) is 0 Å². The van der Waals surface area contributed by atoms with Crippen LogP contribution in [0.5, 0.6) is 0 Å². The molecule has 1 rings (SSSR count). The number of nitrogens with zero attached hydrogens (tertiary/aromatic N) is 1. The van der Waals surface area contributed by atoms with E-state index < -0.39 is 0 Å². The molecule has 0 fully saturated rings. The molecule has 0 amide bonds. The first kappa shape index (κ1) is 16.1. The van der Waals surface area contributed by atoms with Gasteiger partial charge in [0.25, 0.3) is 0 Å². The SMILES string of the molecule is COCCNCCCCN(C)Cc1csc(Br)c1. The first-order chi connectivity index (χ1) is 8.72. The molecular formula is C13H23BrN2OS. The Hall–Kier alpha value is 0.0600. The van der Waals surface area contributed by atoms with Crippen molar-refractivity contribution in [2.24, 2.45) is 0 Å². The molecule has 1 aromatic rings. The Morgan fingerprint density at radius 3 is 2.89 bits per heavy atom. The molecule has 0 bridgehead atoms. The Kier molecular flexibility index (Phi) is 8.88. The summed E-state index contributed by atoms with van der Waals surface area (Å²) in [5, 5.41) is 5.58. The molecule has 104 valence electrons. The van der Waals surface area contributed by atoms with Crippen molar-refractivity contribution in [2.75, 3.05) is 40.4 Å². The fourth-order valence-electron chi connectivity index (χ4n) is 1.75. The van der Waals surface area contributed by atoms with Gasteiger partial charge in [-0.05, 0) is 65.9 Å². The minimum Gasteiger partial charge on any atom is -0.383 e. The van der Waals surface area contributed by atoms with Gasteiger partial charge in [0.15, 0.2) is 0 Å². The summed E-state index contributed by atoms with van der Waals surface area (Å²) in [5.41, 5.74) is 1.40. The van der Waals surface area contributed by atoms with E-state index in [1.807, 2.05) is 0 Å². The summed E-state index contributed by atoms with van der Waals surface area (Å²) in [4.78, 5) is 2.38. The monoisotopic (exact) mass is 334 g/mol. The summed E-state index contributed by atoms with van der Waals surface area (Å²) in [5.74, 6) is 0. The molecule has 0 atom stereocenters. The van der Waals surface area contributed by atoms with Crippen LogP contribution in [0.4, 0.5) is 0 Å². The number of hydrogen-bond acceptors (Lipinski definition) is 4. The van der Waals surface area contributed by atoms with Crippen LogP contribution in [-0.4, -0.2) is 45.3 Å². The standard InChI is InChI=1S/C13H23BrN2OS/c1-16(10-12-9-13(14)18-11-12)7-4-3-5-15-6-8-17-2/h9,11,15H,3-8,10H2,1-2H3. The maximum Gasteiger partial charge on any atom is 0.0701 e. The third kappa shape index (κ3) is 7.48. The highest BCUT2D eigenvalue weighted by Gasteiger charge is 2.02. The zero-order valence-electron chi connectivity index (χ0n) is 11.2. The molecule has 0 saturated carbocycles. The Balaban J connectivity index is 1.98. The normalized spacial score (nSPS) is 11.3. The summed E-state index contributed by atoms with van der Waals surface area (Å²) in [6, 6.07) is 2.20. The van der Waals surface area contributed by atoms with Crippen molar-refractivity contribution in [1.29, 1.82) is 0 Å². The van der Waals surface area contributed by atoms with E-state index in [4.69, 9.17) is 4.74 Å². The van der Waals surface area contributed by atoms with Crippen LogP contribution in [0.25, 0.3) is 0 Å². The second-order valence-electron chi connectivity index (χ2n) is 4.45. The number of halogens is 1. The Labute approximate surface area is 123 Å². The van der Waals surface area contributed by atoms with E-state index in [1.54, 1.807) is 18.4 Å². The molecule has 1 aromatic heterocycles. The molecule has 0 saturated heterocycles. The minimum absolute atomic E-state index is 0.799. The second kappa shape index (κ2) is 9.92. The lowest BCUT2D eigenvalue weighted by molar-refractivity contribution is 0.199. The minimum atomic E-state index is 0.799. The van der Waals surface area contributed by atoms with Gasteiger partial charge in [0.05, 0.1) is 10.4 Å². The van der Waals surface area contributed by atoms with Gasteiger partial charge in [-0.3, -0.25) is 0 Å². The molecule has 0 spiro atoms. The second-order valence-corrected chi connectivity index (χ2v) is 6.74. The first-order valence-electron chi connectivity index (χ1n) is 6.33. The molecule has 0 aliphatic rings. The van der Waals surface area contributed by atoms with Gasteiger partial charge in [0.1, 0.15) is 0 Å². The zero-order chi connectivity index (χ0) is 13.2. The summed E-state index contributed by atoms with van der Waals surface area (Å²) in [6.45, 7) is 5.03. The van der Waals surface area contributed by atoms with E-state index in [-0.39, 0.29) is 0 Å². The number of methoxy groups -OCH3 is 1. The lowest BCUT2D eigenvalue weighted by Crippen LogP contribution is -2.23. The van der Waals surface area contributed by atoms with E-state index in [9.17, 15) is 0 Å². The third-order valence-corrected chi connectivity index (χ3v) is 4.25. The number of thiophene rings is 1. The molecule has 3 nitrogen and oxygen atoms in total. The van der Waals surface area contributed by atoms with E-state index >= 15 is 0 Å². The molecule has 5 heteroatoms. The first-order valence-corrected chi connectivity index (χ1v) is 8.00. The topological polar surface area (TPSA) is 24.5 Å². The van der Waals surface area contributed by atoms with Crippen LogP contribution in [0.1, 0.15) is 18.4 Å². The third-order valence-electron chi connectivity index (χ3n) is 2.70. The van der Waals surface area contributed by atoms with E-state index in [0.717, 1.165) is 32.8 Å². The van der Waals surface area contributed by atoms with Crippen LogP contribution in [0, 0.1) is 0 Å². The van der Waals surface area contributed by atoms with Gasteiger partial charge in [-0.2, -0.15) is 0 Å². The maximum absolute atomic E-state index is 4.98. The Bertz CT molecular complexity index is 320. The molecular weight excluding hydrogens is 312 g/mol. The van der Waals surface area contributed by atoms with Gasteiger partial charge in [-0.1, -0.05) is 0 Å². The predicted octanol–water partition coefficient (Wildman–Crippen LogP) is 2.96. The molecule has 0 unspecified atom stereocenters. The maximum atomic E-state index is 4.98. The van der Waals surface area contributed by atoms with Gasteiger partial charge < -0.3 is 15.0 Å². The smallest absolute Gasteiger partial charge is 0.0701 e. The summed E-state index contributed by atoms with van der Waals surface area (Å²) in [6.07, 6.45) is 2.46. The fraction of sp³-hybridized carbons (Fsp3) is 0.692. The number of hydrogen-bond donors (Lipinski definition) is 1. The van der Waals surface area contributed by atoms with E-state index in [1.165, 1.54) is 22.2 Å². The van der Waals surface area contributed by atoms with Gasteiger partial charge >= 0.3 is 0 Å². The number of ether oxygens (including phenoxy) is 1. The molecule has 1 N–H and O–H groups in total. The van der Waals surface area contributed by atoms with Crippen molar-refractivity contribution in [2.45, 2.75) is 19.4 Å². The largest absolute Gasteiger partial charge is 0.383 e. The van der Waals surface area contributed by atoms with Crippen molar-refractivity contribution >= 4 is 27.3 Å². The Morgan fingerprint density at radius 1 is 1.39 bits per heavy atom. The van der Waals surface area contributed by atoms with E-state index in [2.05, 4.69) is 44.6 Å². The van der Waals surface area contributed by atoms with Crippen molar-refractivity contribution < 1.29 is 4.74 Å². The predicted molar refractivity (Wildman–Crippen MR) is 82.3 cm³/mol. The molecule has 18 heavy (non-hydrogen) atoms. The lowest BCUT2D eigenvalue weighted by Gasteiger charge is -2.15. The molecule has 0 aromatic carbocycles. The molecule has 0 radical (unpaired) electrons. The molecule has 0 aliphatic heterocycles. The van der Waals surface area contributed by atoms with Gasteiger partial charge in [0, 0.05) is 20.2 Å². The number of unbranched alkanes of at least 4 members (excludes halogenated alkanes) is 1. The van der Waals surface area contributed by atoms with Crippen molar-refractivity contribution in [3.05, 3.63) is 20.8 Å². The highest BCUT2D eigenvalue weighted by atomic mass is 79.9. The highest BCUT2D eigenvalue weighted by Crippen LogP contribution is 2.21. The van der Waals surface area contributed by atoms with Crippen LogP contribution in [0.2, 0.25) is 0 Å². The van der Waals surface area contributed by atoms with Crippen molar-refractivity contribution in [3.8, 4) is 0 Å². The van der Waals surface area contributed by atoms with Gasteiger partial charge in [-0.15, -0.1) is 11.3 Å². The van der Waals surface area contributed by atoms with E-state index in [0.29, 0.717) is 0 Å². The van der Waals surface area contributed by atoms with Crippen LogP contribution in [0.15, 0.2) is 15.2 Å².